The van der Waals surface area contributed by atoms with Gasteiger partial charge in [0.05, 0.1) is 10.3 Å². The van der Waals surface area contributed by atoms with Gasteiger partial charge in [0.15, 0.2) is 0 Å². The molecule has 2 heterocycles. The van der Waals surface area contributed by atoms with E-state index in [4.69, 9.17) is 9.52 Å². The topological polar surface area (TPSA) is 45.4 Å². The Morgan fingerprint density at radius 1 is 1.24 bits per heavy atom. The zero-order chi connectivity index (χ0) is 12.1. The monoisotopic (exact) mass is 315 g/mol. The fraction of sp³-hybridized carbons (Fsp3) is 0.333. The highest BCUT2D eigenvalue weighted by atomic mass is 79.9. The highest BCUT2D eigenvalue weighted by Crippen LogP contribution is 2.22. The molecule has 0 aromatic carbocycles. The molecule has 17 heavy (non-hydrogen) atoms. The third kappa shape index (κ3) is 3.96. The number of aliphatic hydroxyl groups is 1. The molecule has 2 rings (SSSR count). The minimum Gasteiger partial charge on any atom is -0.462 e. The Labute approximate surface area is 113 Å². The highest BCUT2D eigenvalue weighted by Gasteiger charge is 2.01. The molecular weight excluding hydrogens is 302 g/mol. The van der Waals surface area contributed by atoms with Gasteiger partial charge in [0.2, 0.25) is 0 Å². The average Bonchev–Trinajstić information content (AvgIpc) is 2.93. The van der Waals surface area contributed by atoms with Crippen molar-refractivity contribution in [3.8, 4) is 0 Å². The maximum atomic E-state index is 8.86. The van der Waals surface area contributed by atoms with E-state index in [1.54, 1.807) is 17.4 Å². The van der Waals surface area contributed by atoms with Crippen LogP contribution in [0.25, 0.3) is 0 Å². The molecule has 92 valence electrons. The predicted molar refractivity (Wildman–Crippen MR) is 72.1 cm³/mol. The summed E-state index contributed by atoms with van der Waals surface area (Å²) < 4.78 is 6.54. The van der Waals surface area contributed by atoms with Crippen LogP contribution in [0.15, 0.2) is 32.5 Å². The van der Waals surface area contributed by atoms with Gasteiger partial charge in [-0.25, -0.2) is 0 Å². The molecule has 0 radical (unpaired) electrons. The second kappa shape index (κ2) is 6.35. The van der Waals surface area contributed by atoms with E-state index < -0.39 is 0 Å². The standard InChI is InChI=1S/C12H14BrNO2S/c13-12-4-3-11(17-12)5-6-14-7-9-1-2-10(8-15)16-9/h1-4,14-15H,5-8H2. The number of thiophene rings is 1. The molecule has 0 fully saturated rings. The Hall–Kier alpha value is -0.620. The highest BCUT2D eigenvalue weighted by molar-refractivity contribution is 9.11. The van der Waals surface area contributed by atoms with Crippen LogP contribution in [0.5, 0.6) is 0 Å². The summed E-state index contributed by atoms with van der Waals surface area (Å²) >= 11 is 5.21. The molecule has 2 N–H and O–H groups in total. The molecule has 0 aliphatic carbocycles. The van der Waals surface area contributed by atoms with Crippen molar-refractivity contribution in [2.24, 2.45) is 0 Å². The van der Waals surface area contributed by atoms with E-state index >= 15 is 0 Å². The summed E-state index contributed by atoms with van der Waals surface area (Å²) in [4.78, 5) is 1.36. The molecule has 0 amide bonds. The van der Waals surface area contributed by atoms with Gasteiger partial charge < -0.3 is 14.8 Å². The largest absolute Gasteiger partial charge is 0.462 e. The van der Waals surface area contributed by atoms with Crippen molar-refractivity contribution in [1.82, 2.24) is 5.32 Å². The maximum absolute atomic E-state index is 8.86. The number of aliphatic hydroxyl groups excluding tert-OH is 1. The molecular formula is C12H14BrNO2S. The van der Waals surface area contributed by atoms with Gasteiger partial charge in [0, 0.05) is 11.4 Å². The summed E-state index contributed by atoms with van der Waals surface area (Å²) in [7, 11) is 0. The first-order valence-electron chi connectivity index (χ1n) is 5.41. The van der Waals surface area contributed by atoms with Crippen molar-refractivity contribution in [2.45, 2.75) is 19.6 Å². The molecule has 0 bridgehead atoms. The van der Waals surface area contributed by atoms with Crippen LogP contribution in [-0.2, 0) is 19.6 Å². The van der Waals surface area contributed by atoms with Gasteiger partial charge in [-0.2, -0.15) is 0 Å². The zero-order valence-electron chi connectivity index (χ0n) is 9.28. The molecule has 0 aliphatic heterocycles. The lowest BCUT2D eigenvalue weighted by molar-refractivity contribution is 0.243. The van der Waals surface area contributed by atoms with E-state index in [1.807, 2.05) is 6.07 Å². The number of rotatable bonds is 6. The molecule has 0 aliphatic rings. The summed E-state index contributed by atoms with van der Waals surface area (Å²) in [6, 6.07) is 7.89. The Kier molecular flexibility index (Phi) is 4.79. The summed E-state index contributed by atoms with van der Waals surface area (Å²) in [5.74, 6) is 1.48. The third-order valence-corrected chi connectivity index (χ3v) is 4.03. The van der Waals surface area contributed by atoms with Crippen LogP contribution in [0.3, 0.4) is 0 Å². The fourth-order valence-corrected chi connectivity index (χ4v) is 2.99. The second-order valence-electron chi connectivity index (χ2n) is 3.66. The van der Waals surface area contributed by atoms with Crippen LogP contribution in [0.4, 0.5) is 0 Å². The first-order valence-corrected chi connectivity index (χ1v) is 7.02. The molecule has 0 atom stereocenters. The van der Waals surface area contributed by atoms with Gasteiger partial charge >= 0.3 is 0 Å². The molecule has 5 heteroatoms. The zero-order valence-corrected chi connectivity index (χ0v) is 11.7. The number of furan rings is 1. The lowest BCUT2D eigenvalue weighted by Gasteiger charge is -2.00. The minimum atomic E-state index is -0.0385. The van der Waals surface area contributed by atoms with Gasteiger partial charge in [-0.05, 0) is 46.6 Å². The van der Waals surface area contributed by atoms with Gasteiger partial charge in [-0.15, -0.1) is 11.3 Å². The van der Waals surface area contributed by atoms with Gasteiger partial charge in [-0.1, -0.05) is 0 Å². The minimum absolute atomic E-state index is 0.0385. The number of hydrogen-bond acceptors (Lipinski definition) is 4. The quantitative estimate of drug-likeness (QED) is 0.806. The molecule has 0 spiro atoms. The van der Waals surface area contributed by atoms with Crippen LogP contribution >= 0.6 is 27.3 Å². The number of halogens is 1. The van der Waals surface area contributed by atoms with Crippen LogP contribution < -0.4 is 5.32 Å². The molecule has 2 aromatic rings. The van der Waals surface area contributed by atoms with E-state index in [0.717, 1.165) is 18.7 Å². The van der Waals surface area contributed by atoms with E-state index in [-0.39, 0.29) is 6.61 Å². The number of hydrogen-bond donors (Lipinski definition) is 2. The second-order valence-corrected chi connectivity index (χ2v) is 6.21. The average molecular weight is 316 g/mol. The van der Waals surface area contributed by atoms with E-state index in [1.165, 1.54) is 8.66 Å². The summed E-state index contributed by atoms with van der Waals surface area (Å²) in [6.45, 7) is 1.58. The predicted octanol–water partition coefficient (Wildman–Crippen LogP) is 2.93. The summed E-state index contributed by atoms with van der Waals surface area (Å²) in [6.07, 6.45) is 1.02. The lowest BCUT2D eigenvalue weighted by Crippen LogP contribution is -2.15. The van der Waals surface area contributed by atoms with Gasteiger partial charge in [0.25, 0.3) is 0 Å². The van der Waals surface area contributed by atoms with Crippen molar-refractivity contribution in [1.29, 1.82) is 0 Å². The summed E-state index contributed by atoms with van der Waals surface area (Å²) in [5, 5.41) is 12.2. The van der Waals surface area contributed by atoms with Crippen molar-refractivity contribution in [2.75, 3.05) is 6.54 Å². The SMILES string of the molecule is OCc1ccc(CNCCc2ccc(Br)s2)o1. The van der Waals surface area contributed by atoms with E-state index in [9.17, 15) is 0 Å². The Morgan fingerprint density at radius 3 is 2.71 bits per heavy atom. The van der Waals surface area contributed by atoms with Gasteiger partial charge in [-0.3, -0.25) is 0 Å². The molecule has 0 saturated carbocycles. The fourth-order valence-electron chi connectivity index (χ4n) is 1.51. The normalized spacial score (nSPS) is 10.9. The van der Waals surface area contributed by atoms with Crippen molar-refractivity contribution in [3.63, 3.8) is 0 Å². The van der Waals surface area contributed by atoms with Crippen molar-refractivity contribution in [3.05, 3.63) is 44.4 Å². The Balaban J connectivity index is 1.69. The molecule has 0 unspecified atom stereocenters. The molecule has 0 saturated heterocycles. The third-order valence-electron chi connectivity index (χ3n) is 2.35. The van der Waals surface area contributed by atoms with Crippen LogP contribution in [0.2, 0.25) is 0 Å². The Bertz CT molecular complexity index is 467. The Morgan fingerprint density at radius 2 is 2.06 bits per heavy atom. The van der Waals surface area contributed by atoms with Crippen LogP contribution in [0, 0.1) is 0 Å². The molecule has 3 nitrogen and oxygen atoms in total. The van der Waals surface area contributed by atoms with Gasteiger partial charge in [0.1, 0.15) is 18.1 Å². The first kappa shape index (κ1) is 12.8. The number of nitrogens with one attached hydrogen (secondary N) is 1. The first-order chi connectivity index (χ1) is 8.28. The maximum Gasteiger partial charge on any atom is 0.129 e. The van der Waals surface area contributed by atoms with Crippen molar-refractivity contribution >= 4 is 27.3 Å². The van der Waals surface area contributed by atoms with Crippen molar-refractivity contribution < 1.29 is 9.52 Å². The smallest absolute Gasteiger partial charge is 0.129 e. The van der Waals surface area contributed by atoms with E-state index in [2.05, 4.69) is 33.4 Å². The molecule has 2 aromatic heterocycles. The van der Waals surface area contributed by atoms with Crippen LogP contribution in [0.1, 0.15) is 16.4 Å². The summed E-state index contributed by atoms with van der Waals surface area (Å²) in [5.41, 5.74) is 0. The van der Waals surface area contributed by atoms with Crippen LogP contribution in [-0.4, -0.2) is 11.7 Å². The lowest BCUT2D eigenvalue weighted by atomic mass is 10.3. The van der Waals surface area contributed by atoms with E-state index in [0.29, 0.717) is 12.3 Å².